The summed E-state index contributed by atoms with van der Waals surface area (Å²) in [5.74, 6) is -1.44. The van der Waals surface area contributed by atoms with Gasteiger partial charge in [0.15, 0.2) is 0 Å². The van der Waals surface area contributed by atoms with Gasteiger partial charge in [-0.2, -0.15) is 4.39 Å². The Labute approximate surface area is 103 Å². The molecule has 18 heavy (non-hydrogen) atoms. The molecule has 0 radical (unpaired) electrons. The van der Waals surface area contributed by atoms with E-state index in [4.69, 9.17) is 0 Å². The summed E-state index contributed by atoms with van der Waals surface area (Å²) >= 11 is 0. The first kappa shape index (κ1) is 12.9. The van der Waals surface area contributed by atoms with Gasteiger partial charge in [-0.3, -0.25) is 10.1 Å². The van der Waals surface area contributed by atoms with Gasteiger partial charge in [0, 0.05) is 17.7 Å². The predicted octanol–water partition coefficient (Wildman–Crippen LogP) is 2.41. The van der Waals surface area contributed by atoms with Gasteiger partial charge < -0.3 is 5.32 Å². The van der Waals surface area contributed by atoms with Crippen molar-refractivity contribution in [2.45, 2.75) is 25.3 Å². The number of halogens is 2. The molecule has 1 N–H and O–H groups in total. The van der Waals surface area contributed by atoms with Gasteiger partial charge >= 0.3 is 5.69 Å². The molecule has 0 heterocycles. The standard InChI is InChI=1S/C12H14F2N2O2/c1-15-11(7-2-3-7)5-8-4-9(13)6-10(14)12(8)16(17)18/h4,6-7,11,15H,2-3,5H2,1H3. The van der Waals surface area contributed by atoms with Crippen molar-refractivity contribution in [3.8, 4) is 0 Å². The summed E-state index contributed by atoms with van der Waals surface area (Å²) in [6, 6.07) is 1.63. The molecule has 0 aliphatic heterocycles. The zero-order valence-electron chi connectivity index (χ0n) is 9.95. The maximum Gasteiger partial charge on any atom is 0.308 e. The topological polar surface area (TPSA) is 55.2 Å². The van der Waals surface area contributed by atoms with Crippen LogP contribution < -0.4 is 5.32 Å². The molecule has 0 saturated heterocycles. The van der Waals surface area contributed by atoms with E-state index in [1.54, 1.807) is 7.05 Å². The SMILES string of the molecule is CNC(Cc1cc(F)cc(F)c1[N+](=O)[O-])C1CC1. The Morgan fingerprint density at radius 2 is 2.17 bits per heavy atom. The van der Waals surface area contributed by atoms with Crippen molar-refractivity contribution >= 4 is 5.69 Å². The lowest BCUT2D eigenvalue weighted by atomic mass is 10.0. The van der Waals surface area contributed by atoms with Gasteiger partial charge in [0.1, 0.15) is 5.82 Å². The summed E-state index contributed by atoms with van der Waals surface area (Å²) in [7, 11) is 1.75. The number of rotatable bonds is 5. The van der Waals surface area contributed by atoms with Gasteiger partial charge in [-0.15, -0.1) is 0 Å². The van der Waals surface area contributed by atoms with Crippen LogP contribution in [-0.2, 0) is 6.42 Å². The van der Waals surface area contributed by atoms with Gasteiger partial charge in [-0.25, -0.2) is 4.39 Å². The first-order valence-corrected chi connectivity index (χ1v) is 5.82. The van der Waals surface area contributed by atoms with Crippen LogP contribution in [0.1, 0.15) is 18.4 Å². The minimum Gasteiger partial charge on any atom is -0.316 e. The third kappa shape index (κ3) is 2.64. The Kier molecular flexibility index (Phi) is 3.56. The van der Waals surface area contributed by atoms with Crippen molar-refractivity contribution in [3.63, 3.8) is 0 Å². The summed E-state index contributed by atoms with van der Waals surface area (Å²) in [6.07, 6.45) is 2.38. The molecule has 1 aromatic carbocycles. The lowest BCUT2D eigenvalue weighted by Crippen LogP contribution is -2.30. The molecule has 1 aliphatic rings. The number of likely N-dealkylation sites (N-methyl/N-ethyl adjacent to an activating group) is 1. The maximum absolute atomic E-state index is 13.4. The van der Waals surface area contributed by atoms with Gasteiger partial charge in [-0.05, 0) is 38.3 Å². The molecular weight excluding hydrogens is 242 g/mol. The fourth-order valence-corrected chi connectivity index (χ4v) is 2.22. The average Bonchev–Trinajstić information content (AvgIpc) is 3.07. The summed E-state index contributed by atoms with van der Waals surface area (Å²) in [6.45, 7) is 0. The molecule has 0 bridgehead atoms. The highest BCUT2D eigenvalue weighted by atomic mass is 19.1. The summed E-state index contributed by atoms with van der Waals surface area (Å²) in [5, 5.41) is 13.9. The smallest absolute Gasteiger partial charge is 0.308 e. The van der Waals surface area contributed by atoms with Gasteiger partial charge in [0.2, 0.25) is 5.82 Å². The highest BCUT2D eigenvalue weighted by molar-refractivity contribution is 5.42. The van der Waals surface area contributed by atoms with E-state index in [-0.39, 0.29) is 18.0 Å². The molecular formula is C12H14F2N2O2. The molecule has 98 valence electrons. The first-order valence-electron chi connectivity index (χ1n) is 5.82. The quantitative estimate of drug-likeness (QED) is 0.650. The molecule has 2 rings (SSSR count). The van der Waals surface area contributed by atoms with Crippen LogP contribution in [0.25, 0.3) is 0 Å². The van der Waals surface area contributed by atoms with E-state index in [2.05, 4.69) is 5.32 Å². The molecule has 0 spiro atoms. The van der Waals surface area contributed by atoms with Crippen LogP contribution in [0.15, 0.2) is 12.1 Å². The number of nitrogens with zero attached hydrogens (tertiary/aromatic N) is 1. The lowest BCUT2D eigenvalue weighted by molar-refractivity contribution is -0.388. The molecule has 0 amide bonds. The Morgan fingerprint density at radius 1 is 1.50 bits per heavy atom. The molecule has 1 unspecified atom stereocenters. The zero-order chi connectivity index (χ0) is 13.3. The van der Waals surface area contributed by atoms with Crippen LogP contribution in [0.5, 0.6) is 0 Å². The molecule has 0 aromatic heterocycles. The minimum atomic E-state index is -1.11. The van der Waals surface area contributed by atoms with Gasteiger partial charge in [0.05, 0.1) is 4.92 Å². The van der Waals surface area contributed by atoms with E-state index in [0.29, 0.717) is 12.0 Å². The summed E-state index contributed by atoms with van der Waals surface area (Å²) < 4.78 is 26.6. The Bertz CT molecular complexity index is 475. The molecule has 1 aromatic rings. The molecule has 1 atom stereocenters. The Hall–Kier alpha value is -1.56. The Morgan fingerprint density at radius 3 is 2.67 bits per heavy atom. The fourth-order valence-electron chi connectivity index (χ4n) is 2.22. The third-order valence-electron chi connectivity index (χ3n) is 3.29. The fraction of sp³-hybridized carbons (Fsp3) is 0.500. The monoisotopic (exact) mass is 256 g/mol. The van der Waals surface area contributed by atoms with Crippen molar-refractivity contribution in [3.05, 3.63) is 39.4 Å². The predicted molar refractivity (Wildman–Crippen MR) is 62.3 cm³/mol. The largest absolute Gasteiger partial charge is 0.316 e. The molecule has 1 saturated carbocycles. The molecule has 1 aliphatic carbocycles. The van der Waals surface area contributed by atoms with Crippen LogP contribution in [-0.4, -0.2) is 18.0 Å². The first-order chi connectivity index (χ1) is 8.52. The normalized spacial score (nSPS) is 16.6. The van der Waals surface area contributed by atoms with E-state index in [9.17, 15) is 18.9 Å². The number of nitrogens with one attached hydrogen (secondary N) is 1. The Balaban J connectivity index is 2.32. The van der Waals surface area contributed by atoms with Crippen LogP contribution in [0.4, 0.5) is 14.5 Å². The van der Waals surface area contributed by atoms with Crippen LogP contribution in [0.3, 0.4) is 0 Å². The van der Waals surface area contributed by atoms with Crippen molar-refractivity contribution in [1.29, 1.82) is 0 Å². The van der Waals surface area contributed by atoms with E-state index in [1.807, 2.05) is 0 Å². The van der Waals surface area contributed by atoms with Gasteiger partial charge in [-0.1, -0.05) is 0 Å². The second-order valence-corrected chi connectivity index (χ2v) is 4.59. The highest BCUT2D eigenvalue weighted by Crippen LogP contribution is 2.35. The van der Waals surface area contributed by atoms with Crippen LogP contribution >= 0.6 is 0 Å². The third-order valence-corrected chi connectivity index (χ3v) is 3.29. The van der Waals surface area contributed by atoms with Crippen molar-refractivity contribution in [2.75, 3.05) is 7.05 Å². The highest BCUT2D eigenvalue weighted by Gasteiger charge is 2.32. The number of hydrogen-bond donors (Lipinski definition) is 1. The zero-order valence-corrected chi connectivity index (χ0v) is 9.95. The number of hydrogen-bond acceptors (Lipinski definition) is 3. The van der Waals surface area contributed by atoms with E-state index in [1.165, 1.54) is 0 Å². The lowest BCUT2D eigenvalue weighted by Gasteiger charge is -2.15. The van der Waals surface area contributed by atoms with E-state index < -0.39 is 22.2 Å². The van der Waals surface area contributed by atoms with Crippen LogP contribution in [0, 0.1) is 27.7 Å². The van der Waals surface area contributed by atoms with E-state index >= 15 is 0 Å². The minimum absolute atomic E-state index is 0.0323. The molecule has 1 fully saturated rings. The maximum atomic E-state index is 13.4. The number of benzene rings is 1. The molecule has 6 heteroatoms. The van der Waals surface area contributed by atoms with Crippen molar-refractivity contribution in [2.24, 2.45) is 5.92 Å². The molecule has 4 nitrogen and oxygen atoms in total. The van der Waals surface area contributed by atoms with Crippen molar-refractivity contribution < 1.29 is 13.7 Å². The van der Waals surface area contributed by atoms with Crippen molar-refractivity contribution in [1.82, 2.24) is 5.32 Å². The second-order valence-electron chi connectivity index (χ2n) is 4.59. The van der Waals surface area contributed by atoms with Crippen LogP contribution in [0.2, 0.25) is 0 Å². The second kappa shape index (κ2) is 4.97. The number of nitro groups is 1. The van der Waals surface area contributed by atoms with E-state index in [0.717, 1.165) is 18.9 Å². The average molecular weight is 256 g/mol. The summed E-state index contributed by atoms with van der Waals surface area (Å²) in [4.78, 5) is 10.0. The summed E-state index contributed by atoms with van der Waals surface area (Å²) in [5.41, 5.74) is -0.499. The number of nitro benzene ring substituents is 1. The van der Waals surface area contributed by atoms with Gasteiger partial charge in [0.25, 0.3) is 0 Å².